The van der Waals surface area contributed by atoms with Gasteiger partial charge in [0.1, 0.15) is 12.4 Å². The van der Waals surface area contributed by atoms with Crippen molar-refractivity contribution in [3.8, 4) is 0 Å². The molecule has 0 aliphatic heterocycles. The topological polar surface area (TPSA) is 75.6 Å². The number of hydrogen-bond donors (Lipinski definition) is 2. The van der Waals surface area contributed by atoms with Crippen molar-refractivity contribution in [1.82, 2.24) is 5.32 Å². The Morgan fingerprint density at radius 2 is 2.12 bits per heavy atom. The predicted molar refractivity (Wildman–Crippen MR) is 60.4 cm³/mol. The van der Waals surface area contributed by atoms with E-state index in [0.29, 0.717) is 0 Å². The van der Waals surface area contributed by atoms with Gasteiger partial charge in [-0.2, -0.15) is 0 Å². The van der Waals surface area contributed by atoms with E-state index in [-0.39, 0.29) is 6.61 Å². The normalized spacial score (nSPS) is 13.9. The van der Waals surface area contributed by atoms with Gasteiger partial charge >= 0.3 is 6.09 Å². The van der Waals surface area contributed by atoms with E-state index >= 15 is 0 Å². The lowest BCUT2D eigenvalue weighted by Gasteiger charge is -2.10. The first-order valence-corrected chi connectivity index (χ1v) is 6.23. The van der Waals surface area contributed by atoms with Gasteiger partial charge in [-0.25, -0.2) is 4.79 Å². The van der Waals surface area contributed by atoms with Gasteiger partial charge in [-0.3, -0.25) is 4.57 Å². The molecule has 0 aliphatic rings. The van der Waals surface area contributed by atoms with Crippen LogP contribution in [0.1, 0.15) is 12.5 Å². The molecule has 2 atom stereocenters. The molecule has 6 heteroatoms. The summed E-state index contributed by atoms with van der Waals surface area (Å²) < 4.78 is 15.5. The Hall–Kier alpha value is -1.32. The molecule has 0 fully saturated rings. The molecule has 2 N–H and O–H groups in total. The van der Waals surface area contributed by atoms with Gasteiger partial charge in [0.2, 0.25) is 8.03 Å². The Morgan fingerprint density at radius 3 is 2.69 bits per heavy atom. The van der Waals surface area contributed by atoms with Crippen LogP contribution in [0.25, 0.3) is 0 Å². The molecule has 0 radical (unpaired) electrons. The summed E-state index contributed by atoms with van der Waals surface area (Å²) in [5.74, 6) is -0.770. The fourth-order valence-electron chi connectivity index (χ4n) is 1.00. The molecule has 0 saturated heterocycles. The second-order valence-electron chi connectivity index (χ2n) is 3.27. The van der Waals surface area contributed by atoms with E-state index in [1.54, 1.807) is 0 Å². The molecule has 0 saturated carbocycles. The minimum atomic E-state index is -2.75. The monoisotopic (exact) mass is 243 g/mol. The molecule has 0 aliphatic carbocycles. The summed E-state index contributed by atoms with van der Waals surface area (Å²) in [6, 6.07) is 9.19. The molecule has 88 valence electrons. The van der Waals surface area contributed by atoms with Crippen LogP contribution in [0.2, 0.25) is 0 Å². The number of amides is 1. The molecule has 2 unspecified atom stereocenters. The van der Waals surface area contributed by atoms with E-state index in [0.717, 1.165) is 5.56 Å². The highest BCUT2D eigenvalue weighted by molar-refractivity contribution is 7.38. The number of carbonyl (C=O) groups is 1. The number of benzene rings is 1. The second-order valence-corrected chi connectivity index (χ2v) is 4.81. The molecule has 0 heterocycles. The van der Waals surface area contributed by atoms with Crippen LogP contribution in [0, 0.1) is 0 Å². The number of ether oxygens (including phenoxy) is 1. The Bertz CT molecular complexity index is 368. The van der Waals surface area contributed by atoms with E-state index in [9.17, 15) is 9.36 Å². The van der Waals surface area contributed by atoms with E-state index in [2.05, 4.69) is 5.32 Å². The zero-order valence-electron chi connectivity index (χ0n) is 8.84. The Balaban J connectivity index is 2.33. The predicted octanol–water partition coefficient (Wildman–Crippen LogP) is 1.73. The first kappa shape index (κ1) is 12.7. The van der Waals surface area contributed by atoms with Gasteiger partial charge in [-0.05, 0) is 12.5 Å². The lowest BCUT2D eigenvalue weighted by Crippen LogP contribution is -2.30. The van der Waals surface area contributed by atoms with Gasteiger partial charge in [-0.15, -0.1) is 0 Å². The van der Waals surface area contributed by atoms with Crippen molar-refractivity contribution in [2.45, 2.75) is 19.3 Å². The molecular formula is C10H14NO4P. The molecule has 16 heavy (non-hydrogen) atoms. The maximum absolute atomic E-state index is 11.2. The van der Waals surface area contributed by atoms with Crippen LogP contribution >= 0.6 is 8.03 Å². The second kappa shape index (κ2) is 6.30. The summed E-state index contributed by atoms with van der Waals surface area (Å²) in [6.45, 7) is 1.59. The van der Waals surface area contributed by atoms with Crippen LogP contribution in [0.3, 0.4) is 0 Å². The van der Waals surface area contributed by atoms with Gasteiger partial charge in [0.05, 0.1) is 0 Å². The molecule has 5 nitrogen and oxygen atoms in total. The summed E-state index contributed by atoms with van der Waals surface area (Å²) in [4.78, 5) is 19.9. The molecule has 0 bridgehead atoms. The number of alkyl carbamates (subject to hydrolysis) is 1. The van der Waals surface area contributed by atoms with E-state index < -0.39 is 19.9 Å². The summed E-state index contributed by atoms with van der Waals surface area (Å²) in [6.07, 6.45) is -0.691. The SMILES string of the molecule is CC(NC(=O)OCc1ccccc1)[PH](=O)O. The quantitative estimate of drug-likeness (QED) is 0.789. The fraction of sp³-hybridized carbons (Fsp3) is 0.300. The molecular weight excluding hydrogens is 229 g/mol. The van der Waals surface area contributed by atoms with E-state index in [1.807, 2.05) is 30.3 Å². The third-order valence-electron chi connectivity index (χ3n) is 1.92. The van der Waals surface area contributed by atoms with Crippen molar-refractivity contribution in [1.29, 1.82) is 0 Å². The summed E-state index contributed by atoms with van der Waals surface area (Å²) in [5, 5.41) is 2.27. The lowest BCUT2D eigenvalue weighted by atomic mass is 10.2. The van der Waals surface area contributed by atoms with Crippen LogP contribution < -0.4 is 5.32 Å². The zero-order valence-corrected chi connectivity index (χ0v) is 9.84. The van der Waals surface area contributed by atoms with Crippen molar-refractivity contribution in [3.05, 3.63) is 35.9 Å². The van der Waals surface area contributed by atoms with Crippen molar-refractivity contribution < 1.29 is 19.0 Å². The highest BCUT2D eigenvalue weighted by Crippen LogP contribution is 2.18. The maximum atomic E-state index is 11.2. The zero-order chi connectivity index (χ0) is 12.0. The van der Waals surface area contributed by atoms with Gasteiger partial charge in [-0.1, -0.05) is 30.3 Å². The molecule has 1 rings (SSSR count). The van der Waals surface area contributed by atoms with Crippen molar-refractivity contribution in [3.63, 3.8) is 0 Å². The lowest BCUT2D eigenvalue weighted by molar-refractivity contribution is 0.138. The number of carbonyl (C=O) groups excluding carboxylic acids is 1. The highest BCUT2D eigenvalue weighted by Gasteiger charge is 2.11. The van der Waals surface area contributed by atoms with Crippen molar-refractivity contribution in [2.75, 3.05) is 0 Å². The van der Waals surface area contributed by atoms with E-state index in [1.165, 1.54) is 6.92 Å². The molecule has 1 aromatic carbocycles. The standard InChI is InChI=1S/C10H14NO4P/c1-8(16(13)14)11-10(12)15-7-9-5-3-2-4-6-9/h2-6,8,16H,7H2,1H3,(H,11,12)(H,13,14). The molecule has 1 aromatic rings. The Morgan fingerprint density at radius 1 is 1.50 bits per heavy atom. The molecule has 0 aromatic heterocycles. The van der Waals surface area contributed by atoms with Crippen LogP contribution in [0.4, 0.5) is 4.79 Å². The average molecular weight is 243 g/mol. The third kappa shape index (κ3) is 4.47. The molecule has 0 spiro atoms. The smallest absolute Gasteiger partial charge is 0.408 e. The van der Waals surface area contributed by atoms with Gasteiger partial charge in [0.15, 0.2) is 0 Å². The first-order valence-electron chi connectivity index (χ1n) is 4.79. The largest absolute Gasteiger partial charge is 0.445 e. The number of rotatable bonds is 4. The number of hydrogen-bond acceptors (Lipinski definition) is 3. The van der Waals surface area contributed by atoms with Gasteiger partial charge in [0.25, 0.3) is 0 Å². The van der Waals surface area contributed by atoms with Crippen molar-refractivity contribution >= 4 is 14.1 Å². The van der Waals surface area contributed by atoms with Crippen LogP contribution in [0.15, 0.2) is 30.3 Å². The van der Waals surface area contributed by atoms with Crippen LogP contribution in [-0.2, 0) is 15.9 Å². The minimum absolute atomic E-state index is 0.145. The first-order chi connectivity index (χ1) is 7.59. The Labute approximate surface area is 94.3 Å². The summed E-state index contributed by atoms with van der Waals surface area (Å²) in [7, 11) is -2.75. The van der Waals surface area contributed by atoms with Gasteiger partial charge in [0, 0.05) is 0 Å². The number of nitrogens with one attached hydrogen (secondary N) is 1. The summed E-state index contributed by atoms with van der Waals surface area (Å²) >= 11 is 0. The van der Waals surface area contributed by atoms with Crippen LogP contribution in [-0.4, -0.2) is 16.8 Å². The van der Waals surface area contributed by atoms with Gasteiger partial charge < -0.3 is 14.9 Å². The van der Waals surface area contributed by atoms with Crippen LogP contribution in [0.5, 0.6) is 0 Å². The summed E-state index contributed by atoms with van der Waals surface area (Å²) in [5.41, 5.74) is 0.863. The maximum Gasteiger partial charge on any atom is 0.408 e. The van der Waals surface area contributed by atoms with Crippen molar-refractivity contribution in [2.24, 2.45) is 0 Å². The fourth-order valence-corrected chi connectivity index (χ4v) is 1.24. The average Bonchev–Trinajstić information content (AvgIpc) is 2.27. The minimum Gasteiger partial charge on any atom is -0.445 e. The third-order valence-corrected chi connectivity index (χ3v) is 2.80. The van der Waals surface area contributed by atoms with E-state index in [4.69, 9.17) is 9.63 Å². The Kier molecular flexibility index (Phi) is 5.02. The highest BCUT2D eigenvalue weighted by atomic mass is 31.1. The molecule has 1 amide bonds.